The zero-order valence-electron chi connectivity index (χ0n) is 16.1. The molecule has 0 spiro atoms. The number of nitrogens with zero attached hydrogens (tertiary/aromatic N) is 1. The maximum atomic E-state index is 12.5. The molecule has 0 radical (unpaired) electrons. The first kappa shape index (κ1) is 19.4. The van der Waals surface area contributed by atoms with E-state index in [-0.39, 0.29) is 16.8 Å². The highest BCUT2D eigenvalue weighted by molar-refractivity contribution is 7.07. The van der Waals surface area contributed by atoms with Crippen LogP contribution in [0, 0.1) is 5.41 Å². The molecular weight excluding hydrogens is 330 g/mol. The monoisotopic (exact) mass is 357 g/mol. The van der Waals surface area contributed by atoms with Crippen LogP contribution in [0.4, 0.5) is 0 Å². The predicted octanol–water partition coefficient (Wildman–Crippen LogP) is 2.97. The van der Waals surface area contributed by atoms with Crippen molar-refractivity contribution in [2.75, 3.05) is 0 Å². The fourth-order valence-electron chi connectivity index (χ4n) is 2.27. The number of rotatable bonds is 2. The molecule has 0 fully saturated rings. The van der Waals surface area contributed by atoms with Crippen molar-refractivity contribution >= 4 is 29.3 Å². The quantitative estimate of drug-likeness (QED) is 0.829. The van der Waals surface area contributed by atoms with Gasteiger partial charge in [-0.15, -0.1) is 11.3 Å². The Morgan fingerprint density at radius 2 is 1.60 bits per heavy atom. The van der Waals surface area contributed by atoms with E-state index in [4.69, 9.17) is 0 Å². The number of hydrogen-bond donors (Lipinski definition) is 0. The van der Waals surface area contributed by atoms with Gasteiger partial charge in [-0.05, 0) is 22.6 Å². The summed E-state index contributed by atoms with van der Waals surface area (Å²) in [5, 5.41) is 0. The third-order valence-corrected chi connectivity index (χ3v) is 5.24. The molecule has 0 aliphatic carbocycles. The van der Waals surface area contributed by atoms with Crippen molar-refractivity contribution in [3.8, 4) is 0 Å². The van der Waals surface area contributed by atoms with Crippen molar-refractivity contribution in [3.05, 3.63) is 54.9 Å². The summed E-state index contributed by atoms with van der Waals surface area (Å²) in [5.74, 6) is 0.0189. The number of Topliss-reactive ketones (excluding diaryl/α,β-unsaturated/α-hetero) is 1. The van der Waals surface area contributed by atoms with Gasteiger partial charge in [0.2, 0.25) is 0 Å². The van der Waals surface area contributed by atoms with Gasteiger partial charge in [-0.2, -0.15) is 0 Å². The van der Waals surface area contributed by atoms with Gasteiger partial charge >= 0.3 is 0 Å². The van der Waals surface area contributed by atoms with Gasteiger partial charge in [-0.3, -0.25) is 9.59 Å². The molecule has 1 heterocycles. The summed E-state index contributed by atoms with van der Waals surface area (Å²) in [4.78, 5) is 24.7. The van der Waals surface area contributed by atoms with E-state index in [0.29, 0.717) is 9.20 Å². The molecule has 0 saturated carbocycles. The fraction of sp³-hybridized carbons (Fsp3) is 0.429. The van der Waals surface area contributed by atoms with Crippen molar-refractivity contribution in [2.24, 2.45) is 12.5 Å². The lowest BCUT2D eigenvalue weighted by atomic mass is 9.87. The van der Waals surface area contributed by atoms with Crippen LogP contribution in [-0.2, 0) is 17.3 Å². The van der Waals surface area contributed by atoms with Gasteiger partial charge in [0.25, 0.3) is 5.56 Å². The zero-order valence-corrected chi connectivity index (χ0v) is 17.0. The van der Waals surface area contributed by atoms with Gasteiger partial charge in [0.05, 0.1) is 4.53 Å². The first-order valence-electron chi connectivity index (χ1n) is 8.44. The zero-order chi connectivity index (χ0) is 19.0. The van der Waals surface area contributed by atoms with Crippen molar-refractivity contribution < 1.29 is 4.79 Å². The molecule has 1 aromatic carbocycles. The van der Waals surface area contributed by atoms with Crippen molar-refractivity contribution in [3.63, 3.8) is 0 Å². The fourth-order valence-corrected chi connectivity index (χ4v) is 3.30. The number of carbonyl (C=O) groups is 1. The number of hydrogen-bond acceptors (Lipinski definition) is 3. The molecule has 0 bridgehead atoms. The second kappa shape index (κ2) is 6.75. The first-order chi connectivity index (χ1) is 11.4. The summed E-state index contributed by atoms with van der Waals surface area (Å²) in [6.07, 6.45) is 3.46. The van der Waals surface area contributed by atoms with Crippen LogP contribution in [-0.4, -0.2) is 10.4 Å². The summed E-state index contributed by atoms with van der Waals surface area (Å²) < 4.78 is 2.87. The van der Waals surface area contributed by atoms with Gasteiger partial charge in [0.15, 0.2) is 5.78 Å². The van der Waals surface area contributed by atoms with E-state index in [0.717, 1.165) is 5.56 Å². The van der Waals surface area contributed by atoms with E-state index < -0.39 is 5.41 Å². The van der Waals surface area contributed by atoms with E-state index in [1.165, 1.54) is 16.9 Å². The molecule has 0 saturated heterocycles. The van der Waals surface area contributed by atoms with E-state index in [1.807, 2.05) is 39.0 Å². The van der Waals surface area contributed by atoms with Crippen LogP contribution in [0.3, 0.4) is 0 Å². The van der Waals surface area contributed by atoms with Gasteiger partial charge in [0, 0.05) is 18.5 Å². The minimum absolute atomic E-state index is 0.0189. The minimum atomic E-state index is -0.452. The van der Waals surface area contributed by atoms with Crippen LogP contribution < -0.4 is 14.8 Å². The lowest BCUT2D eigenvalue weighted by Crippen LogP contribution is -2.30. The summed E-state index contributed by atoms with van der Waals surface area (Å²) in [7, 11) is 1.71. The first-order valence-corrected chi connectivity index (χ1v) is 9.25. The number of ketones is 1. The number of thiazole rings is 1. The third-order valence-electron chi connectivity index (χ3n) is 4.13. The van der Waals surface area contributed by atoms with E-state index >= 15 is 0 Å². The second-order valence-electron chi connectivity index (χ2n) is 8.44. The molecule has 2 aromatic rings. The molecule has 0 N–H and O–H groups in total. The molecule has 1 aromatic heterocycles. The standard InChI is InChI=1S/C21H27NO2S/c1-20(2,3)15-10-8-14(9-11-15)12-16-19(24)22(7)18(25-16)13-17(23)21(4,5)6/h8-13H,1-7H3/b16-12-,18-13+. The minimum Gasteiger partial charge on any atom is -0.302 e. The lowest BCUT2D eigenvalue weighted by molar-refractivity contribution is -0.120. The molecule has 134 valence electrons. The maximum Gasteiger partial charge on any atom is 0.268 e. The molecule has 4 heteroatoms. The molecule has 0 unspecified atom stereocenters. The highest BCUT2D eigenvalue weighted by atomic mass is 32.1. The Morgan fingerprint density at radius 1 is 1.04 bits per heavy atom. The van der Waals surface area contributed by atoms with Crippen LogP contribution in [0.15, 0.2) is 29.1 Å². The van der Waals surface area contributed by atoms with Crippen molar-refractivity contribution in [2.45, 2.75) is 47.0 Å². The normalized spacial score (nSPS) is 14.2. The number of carbonyl (C=O) groups excluding carboxylic acids is 1. The smallest absolute Gasteiger partial charge is 0.268 e. The Balaban J connectivity index is 2.50. The van der Waals surface area contributed by atoms with Crippen molar-refractivity contribution in [1.82, 2.24) is 4.57 Å². The van der Waals surface area contributed by atoms with Crippen LogP contribution in [0.25, 0.3) is 12.2 Å². The lowest BCUT2D eigenvalue weighted by Gasteiger charge is -2.18. The summed E-state index contributed by atoms with van der Waals surface area (Å²) in [6, 6.07) is 8.26. The van der Waals surface area contributed by atoms with Crippen molar-refractivity contribution in [1.29, 1.82) is 0 Å². The van der Waals surface area contributed by atoms with E-state index in [1.54, 1.807) is 17.7 Å². The van der Waals surface area contributed by atoms with Gasteiger partial charge < -0.3 is 4.57 Å². The molecule has 0 amide bonds. The largest absolute Gasteiger partial charge is 0.302 e. The number of benzene rings is 1. The Hall–Kier alpha value is -1.94. The van der Waals surface area contributed by atoms with E-state index in [9.17, 15) is 9.59 Å². The second-order valence-corrected chi connectivity index (χ2v) is 9.51. The van der Waals surface area contributed by atoms with Gasteiger partial charge in [0.1, 0.15) is 4.66 Å². The molecule has 0 aliphatic heterocycles. The Kier molecular flexibility index (Phi) is 5.24. The van der Waals surface area contributed by atoms with Crippen LogP contribution >= 0.6 is 11.3 Å². The third kappa shape index (κ3) is 4.57. The molecule has 3 nitrogen and oxygen atoms in total. The molecular formula is C21H27NO2S. The summed E-state index contributed by atoms with van der Waals surface area (Å²) >= 11 is 1.35. The SMILES string of the molecule is Cn1c(=O)/c(=C/c2ccc(C(C)(C)C)cc2)s/c1=C/C(=O)C(C)(C)C. The van der Waals surface area contributed by atoms with Crippen LogP contribution in [0.2, 0.25) is 0 Å². The van der Waals surface area contributed by atoms with Crippen LogP contribution in [0.1, 0.15) is 52.7 Å². The highest BCUT2D eigenvalue weighted by Gasteiger charge is 2.19. The highest BCUT2D eigenvalue weighted by Crippen LogP contribution is 2.22. The van der Waals surface area contributed by atoms with Gasteiger partial charge in [-0.25, -0.2) is 0 Å². The Morgan fingerprint density at radius 3 is 2.08 bits per heavy atom. The maximum absolute atomic E-state index is 12.5. The van der Waals surface area contributed by atoms with Crippen LogP contribution in [0.5, 0.6) is 0 Å². The topological polar surface area (TPSA) is 39.1 Å². The predicted molar refractivity (Wildman–Crippen MR) is 106 cm³/mol. The molecule has 0 aliphatic rings. The summed E-state index contributed by atoms with van der Waals surface area (Å²) in [5.41, 5.74) is 1.83. The molecule has 0 atom stereocenters. The average molecular weight is 358 g/mol. The molecule has 2 rings (SSSR count). The Labute approximate surface area is 153 Å². The average Bonchev–Trinajstić information content (AvgIpc) is 2.74. The van der Waals surface area contributed by atoms with E-state index in [2.05, 4.69) is 32.9 Å². The Bertz CT molecular complexity index is 946. The molecule has 25 heavy (non-hydrogen) atoms. The summed E-state index contributed by atoms with van der Waals surface area (Å²) in [6.45, 7) is 12.2. The number of aromatic nitrogens is 1. The van der Waals surface area contributed by atoms with Gasteiger partial charge in [-0.1, -0.05) is 65.8 Å².